The third-order valence-electron chi connectivity index (χ3n) is 6.72. The lowest BCUT2D eigenvalue weighted by molar-refractivity contribution is 0.0473. The summed E-state index contributed by atoms with van der Waals surface area (Å²) >= 11 is 3.77. The molecule has 2 aromatic rings. The summed E-state index contributed by atoms with van der Waals surface area (Å²) in [7, 11) is 1.70. The molecule has 0 aliphatic heterocycles. The number of benzene rings is 1. The Balaban J connectivity index is 1.81. The summed E-state index contributed by atoms with van der Waals surface area (Å²) in [6.07, 6.45) is 7.83. The van der Waals surface area contributed by atoms with Crippen LogP contribution in [0, 0.1) is 11.3 Å². The largest absolute Gasteiger partial charge is 0.378 e. The number of hydrogen-bond acceptors (Lipinski definition) is 4. The molecule has 5 heteroatoms. The summed E-state index contributed by atoms with van der Waals surface area (Å²) in [5, 5.41) is 2.13. The van der Waals surface area contributed by atoms with Crippen molar-refractivity contribution in [3.63, 3.8) is 0 Å². The Morgan fingerprint density at radius 1 is 1.07 bits per heavy atom. The van der Waals surface area contributed by atoms with E-state index in [0.717, 1.165) is 34.6 Å². The van der Waals surface area contributed by atoms with Crippen LogP contribution in [0.2, 0.25) is 0 Å². The SMILES string of the molecule is CCC(C)(C)C1CCC(N(OCc2ccccc2)c2ccnc(COC)c2Br)CC1. The average molecular weight is 475 g/mol. The van der Waals surface area contributed by atoms with Crippen molar-refractivity contribution in [2.45, 2.75) is 72.1 Å². The lowest BCUT2D eigenvalue weighted by Gasteiger charge is -2.42. The van der Waals surface area contributed by atoms with Crippen LogP contribution in [0.25, 0.3) is 0 Å². The van der Waals surface area contributed by atoms with Crippen LogP contribution in [0.5, 0.6) is 0 Å². The van der Waals surface area contributed by atoms with Crippen molar-refractivity contribution in [1.29, 1.82) is 0 Å². The number of hydroxylamine groups is 1. The van der Waals surface area contributed by atoms with Gasteiger partial charge in [0.25, 0.3) is 0 Å². The molecule has 1 aliphatic rings. The van der Waals surface area contributed by atoms with Crippen LogP contribution in [0.4, 0.5) is 5.69 Å². The van der Waals surface area contributed by atoms with Gasteiger partial charge in [0, 0.05) is 13.3 Å². The number of aromatic nitrogens is 1. The van der Waals surface area contributed by atoms with Gasteiger partial charge in [0.1, 0.15) is 0 Å². The Hall–Kier alpha value is -1.43. The van der Waals surface area contributed by atoms with Gasteiger partial charge < -0.3 is 4.74 Å². The van der Waals surface area contributed by atoms with Crippen LogP contribution in [0.15, 0.2) is 47.1 Å². The first-order valence-electron chi connectivity index (χ1n) is 11.0. The van der Waals surface area contributed by atoms with E-state index in [0.29, 0.717) is 24.7 Å². The Bertz CT molecular complexity index is 789. The van der Waals surface area contributed by atoms with Gasteiger partial charge in [-0.3, -0.25) is 9.82 Å². The average Bonchev–Trinajstić information content (AvgIpc) is 2.77. The normalized spacial score (nSPS) is 19.6. The zero-order chi connectivity index (χ0) is 21.6. The quantitative estimate of drug-likeness (QED) is 0.369. The van der Waals surface area contributed by atoms with Gasteiger partial charge in [-0.2, -0.15) is 0 Å². The van der Waals surface area contributed by atoms with Gasteiger partial charge in [-0.05, 0) is 64.6 Å². The molecule has 1 fully saturated rings. The molecule has 0 amide bonds. The third kappa shape index (κ3) is 5.63. The molecular weight excluding hydrogens is 440 g/mol. The molecule has 0 bridgehead atoms. The molecule has 164 valence electrons. The van der Waals surface area contributed by atoms with Crippen molar-refractivity contribution in [2.75, 3.05) is 12.2 Å². The lowest BCUT2D eigenvalue weighted by Crippen LogP contribution is -2.40. The molecule has 1 aromatic heterocycles. The first-order chi connectivity index (χ1) is 14.5. The predicted octanol–water partition coefficient (Wildman–Crippen LogP) is 6.92. The minimum Gasteiger partial charge on any atom is -0.378 e. The van der Waals surface area contributed by atoms with Crippen molar-refractivity contribution >= 4 is 21.6 Å². The molecule has 3 rings (SSSR count). The monoisotopic (exact) mass is 474 g/mol. The number of nitrogens with zero attached hydrogens (tertiary/aromatic N) is 2. The Morgan fingerprint density at radius 2 is 1.77 bits per heavy atom. The molecule has 30 heavy (non-hydrogen) atoms. The molecular formula is C25H35BrN2O2. The van der Waals surface area contributed by atoms with E-state index in [-0.39, 0.29) is 0 Å². The smallest absolute Gasteiger partial charge is 0.0999 e. The molecule has 4 nitrogen and oxygen atoms in total. The number of anilines is 1. The molecule has 0 saturated heterocycles. The summed E-state index contributed by atoms with van der Waals surface area (Å²) in [5.74, 6) is 0.777. The zero-order valence-corrected chi connectivity index (χ0v) is 20.3. The van der Waals surface area contributed by atoms with Crippen molar-refractivity contribution in [1.82, 2.24) is 4.98 Å². The van der Waals surface area contributed by atoms with Crippen molar-refractivity contribution in [3.05, 3.63) is 58.3 Å². The molecule has 1 aliphatic carbocycles. The van der Waals surface area contributed by atoms with Crippen LogP contribution in [0.1, 0.15) is 64.1 Å². The Morgan fingerprint density at radius 3 is 2.40 bits per heavy atom. The van der Waals surface area contributed by atoms with Crippen LogP contribution < -0.4 is 5.06 Å². The second-order valence-corrected chi connectivity index (χ2v) is 9.75. The van der Waals surface area contributed by atoms with E-state index in [1.165, 1.54) is 24.8 Å². The highest BCUT2D eigenvalue weighted by Crippen LogP contribution is 2.43. The second kappa shape index (κ2) is 10.7. The zero-order valence-electron chi connectivity index (χ0n) is 18.7. The summed E-state index contributed by atoms with van der Waals surface area (Å²) < 4.78 is 6.28. The van der Waals surface area contributed by atoms with Crippen LogP contribution in [-0.2, 0) is 22.8 Å². The summed E-state index contributed by atoms with van der Waals surface area (Å²) in [6, 6.07) is 12.8. The first kappa shape index (κ1) is 23.2. The molecule has 0 radical (unpaired) electrons. The van der Waals surface area contributed by atoms with Gasteiger partial charge in [0.2, 0.25) is 0 Å². The van der Waals surface area contributed by atoms with E-state index in [9.17, 15) is 0 Å². The number of methoxy groups -OCH3 is 1. The van der Waals surface area contributed by atoms with E-state index in [2.05, 4.69) is 71.0 Å². The van der Waals surface area contributed by atoms with Gasteiger partial charge >= 0.3 is 0 Å². The predicted molar refractivity (Wildman–Crippen MR) is 126 cm³/mol. The van der Waals surface area contributed by atoms with Gasteiger partial charge in [0.05, 0.1) is 35.1 Å². The van der Waals surface area contributed by atoms with E-state index < -0.39 is 0 Å². The number of pyridine rings is 1. The lowest BCUT2D eigenvalue weighted by atomic mass is 9.69. The van der Waals surface area contributed by atoms with Crippen molar-refractivity contribution < 1.29 is 9.57 Å². The minimum absolute atomic E-state index is 0.353. The number of rotatable bonds is 9. The second-order valence-electron chi connectivity index (χ2n) is 8.96. The molecule has 0 spiro atoms. The van der Waals surface area contributed by atoms with Gasteiger partial charge in [-0.1, -0.05) is 57.5 Å². The van der Waals surface area contributed by atoms with Crippen LogP contribution >= 0.6 is 15.9 Å². The maximum absolute atomic E-state index is 6.45. The van der Waals surface area contributed by atoms with Gasteiger partial charge in [-0.25, -0.2) is 5.06 Å². The summed E-state index contributed by atoms with van der Waals surface area (Å²) in [6.45, 7) is 8.16. The maximum Gasteiger partial charge on any atom is 0.0999 e. The third-order valence-corrected chi connectivity index (χ3v) is 7.58. The first-order valence-corrected chi connectivity index (χ1v) is 11.8. The Kier molecular flexibility index (Phi) is 8.32. The standard InChI is InChI=1S/C25H35BrN2O2/c1-5-25(2,3)20-11-13-21(14-12-20)28(30-17-19-9-7-6-8-10-19)23-15-16-27-22(18-29-4)24(23)26/h6-10,15-16,20-21H,5,11-14,17-18H2,1-4H3. The van der Waals surface area contributed by atoms with Gasteiger partial charge in [0.15, 0.2) is 0 Å². The molecule has 0 N–H and O–H groups in total. The molecule has 0 atom stereocenters. The van der Waals surface area contributed by atoms with Crippen LogP contribution in [-0.4, -0.2) is 18.1 Å². The molecule has 1 saturated carbocycles. The highest BCUT2D eigenvalue weighted by Gasteiger charge is 2.35. The van der Waals surface area contributed by atoms with Crippen molar-refractivity contribution in [2.24, 2.45) is 11.3 Å². The highest BCUT2D eigenvalue weighted by molar-refractivity contribution is 9.10. The number of hydrogen-bond donors (Lipinski definition) is 0. The highest BCUT2D eigenvalue weighted by atomic mass is 79.9. The van der Waals surface area contributed by atoms with Gasteiger partial charge in [-0.15, -0.1) is 0 Å². The van der Waals surface area contributed by atoms with E-state index in [1.807, 2.05) is 18.3 Å². The Labute approximate surface area is 190 Å². The van der Waals surface area contributed by atoms with E-state index in [1.54, 1.807) is 7.11 Å². The fraction of sp³-hybridized carbons (Fsp3) is 0.560. The fourth-order valence-electron chi connectivity index (χ4n) is 4.35. The molecule has 1 aromatic carbocycles. The van der Waals surface area contributed by atoms with Crippen LogP contribution in [0.3, 0.4) is 0 Å². The number of ether oxygens (including phenoxy) is 1. The van der Waals surface area contributed by atoms with E-state index >= 15 is 0 Å². The minimum atomic E-state index is 0.353. The van der Waals surface area contributed by atoms with Crippen molar-refractivity contribution in [3.8, 4) is 0 Å². The molecule has 1 heterocycles. The summed E-state index contributed by atoms with van der Waals surface area (Å²) in [5.41, 5.74) is 3.50. The fourth-order valence-corrected chi connectivity index (χ4v) is 4.88. The van der Waals surface area contributed by atoms with E-state index in [4.69, 9.17) is 9.57 Å². The maximum atomic E-state index is 6.45. The topological polar surface area (TPSA) is 34.6 Å². The summed E-state index contributed by atoms with van der Waals surface area (Å²) in [4.78, 5) is 10.9. The number of halogens is 1. The molecule has 0 unspecified atom stereocenters.